The SMILES string of the molecule is CCC(N=O)Oc1ccc(Cl)cc1. The summed E-state index contributed by atoms with van der Waals surface area (Å²) < 4.78 is 5.23. The third kappa shape index (κ3) is 3.03. The highest BCUT2D eigenvalue weighted by molar-refractivity contribution is 6.30. The summed E-state index contributed by atoms with van der Waals surface area (Å²) in [5.41, 5.74) is 0. The van der Waals surface area contributed by atoms with Crippen molar-refractivity contribution in [1.82, 2.24) is 0 Å². The molecule has 1 aromatic carbocycles. The van der Waals surface area contributed by atoms with Crippen LogP contribution in [0.25, 0.3) is 0 Å². The van der Waals surface area contributed by atoms with Crippen molar-refractivity contribution in [2.24, 2.45) is 5.18 Å². The first-order valence-electron chi connectivity index (χ1n) is 4.01. The topological polar surface area (TPSA) is 38.7 Å². The van der Waals surface area contributed by atoms with Gasteiger partial charge in [0.25, 0.3) is 0 Å². The second kappa shape index (κ2) is 4.82. The van der Waals surface area contributed by atoms with E-state index in [2.05, 4.69) is 5.18 Å². The third-order valence-electron chi connectivity index (χ3n) is 1.55. The first kappa shape index (κ1) is 9.99. The number of halogens is 1. The van der Waals surface area contributed by atoms with Gasteiger partial charge in [0, 0.05) is 11.4 Å². The molecule has 0 amide bonds. The summed E-state index contributed by atoms with van der Waals surface area (Å²) in [7, 11) is 0. The minimum atomic E-state index is -0.610. The van der Waals surface area contributed by atoms with Crippen LogP contribution in [0.15, 0.2) is 29.4 Å². The van der Waals surface area contributed by atoms with Gasteiger partial charge in [-0.05, 0) is 29.4 Å². The molecule has 0 aliphatic rings. The number of benzene rings is 1. The van der Waals surface area contributed by atoms with Gasteiger partial charge in [-0.15, -0.1) is 4.91 Å². The summed E-state index contributed by atoms with van der Waals surface area (Å²) in [6, 6.07) is 6.81. The Kier molecular flexibility index (Phi) is 3.71. The van der Waals surface area contributed by atoms with E-state index in [1.807, 2.05) is 6.92 Å². The first-order valence-corrected chi connectivity index (χ1v) is 4.38. The van der Waals surface area contributed by atoms with Crippen LogP contribution in [0.4, 0.5) is 0 Å². The van der Waals surface area contributed by atoms with Crippen molar-refractivity contribution in [2.45, 2.75) is 19.6 Å². The average Bonchev–Trinajstić information content (AvgIpc) is 2.17. The lowest BCUT2D eigenvalue weighted by Crippen LogP contribution is -2.10. The monoisotopic (exact) mass is 199 g/mol. The van der Waals surface area contributed by atoms with E-state index in [1.54, 1.807) is 24.3 Å². The minimum absolute atomic E-state index is 0.562. The number of ether oxygens (including phenoxy) is 1. The van der Waals surface area contributed by atoms with Gasteiger partial charge in [0.1, 0.15) is 5.75 Å². The van der Waals surface area contributed by atoms with Crippen LogP contribution in [0.2, 0.25) is 5.02 Å². The highest BCUT2D eigenvalue weighted by atomic mass is 35.5. The van der Waals surface area contributed by atoms with E-state index in [4.69, 9.17) is 16.3 Å². The number of nitrogens with zero attached hydrogens (tertiary/aromatic N) is 1. The molecule has 70 valence electrons. The quantitative estimate of drug-likeness (QED) is 0.699. The Morgan fingerprint density at radius 2 is 2.08 bits per heavy atom. The molecule has 1 rings (SSSR count). The van der Waals surface area contributed by atoms with E-state index in [-0.39, 0.29) is 0 Å². The molecule has 0 bridgehead atoms. The lowest BCUT2D eigenvalue weighted by atomic mass is 10.3. The zero-order chi connectivity index (χ0) is 9.68. The van der Waals surface area contributed by atoms with Gasteiger partial charge in [-0.2, -0.15) is 0 Å². The lowest BCUT2D eigenvalue weighted by Gasteiger charge is -2.09. The van der Waals surface area contributed by atoms with Crippen molar-refractivity contribution < 1.29 is 4.74 Å². The number of rotatable bonds is 4. The summed E-state index contributed by atoms with van der Waals surface area (Å²) in [6.07, 6.45) is -0.0484. The molecule has 0 aliphatic heterocycles. The van der Waals surface area contributed by atoms with Gasteiger partial charge in [0.2, 0.25) is 6.23 Å². The van der Waals surface area contributed by atoms with Gasteiger partial charge in [-0.25, -0.2) is 0 Å². The largest absolute Gasteiger partial charge is 0.465 e. The first-order chi connectivity index (χ1) is 6.26. The van der Waals surface area contributed by atoms with E-state index in [9.17, 15) is 4.91 Å². The molecule has 0 N–H and O–H groups in total. The molecule has 0 fully saturated rings. The van der Waals surface area contributed by atoms with Gasteiger partial charge < -0.3 is 4.74 Å². The van der Waals surface area contributed by atoms with Crippen LogP contribution in [-0.4, -0.2) is 6.23 Å². The molecule has 0 aliphatic carbocycles. The molecule has 3 nitrogen and oxygen atoms in total. The molecule has 1 unspecified atom stereocenters. The van der Waals surface area contributed by atoms with Crippen LogP contribution >= 0.6 is 11.6 Å². The van der Waals surface area contributed by atoms with E-state index in [0.717, 1.165) is 0 Å². The van der Waals surface area contributed by atoms with E-state index in [0.29, 0.717) is 17.2 Å². The Morgan fingerprint density at radius 1 is 1.46 bits per heavy atom. The maximum Gasteiger partial charge on any atom is 0.229 e. The number of hydrogen-bond acceptors (Lipinski definition) is 3. The molecule has 0 spiro atoms. The van der Waals surface area contributed by atoms with Crippen LogP contribution in [0, 0.1) is 4.91 Å². The number of hydrogen-bond donors (Lipinski definition) is 0. The van der Waals surface area contributed by atoms with Crippen molar-refractivity contribution in [1.29, 1.82) is 0 Å². The summed E-state index contributed by atoms with van der Waals surface area (Å²) in [6.45, 7) is 1.84. The molecule has 0 saturated carbocycles. The fourth-order valence-electron chi connectivity index (χ4n) is 0.850. The van der Waals surface area contributed by atoms with E-state index < -0.39 is 6.23 Å². The molecule has 0 heterocycles. The fourth-order valence-corrected chi connectivity index (χ4v) is 0.976. The molecule has 0 saturated heterocycles. The summed E-state index contributed by atoms with van der Waals surface area (Å²) in [4.78, 5) is 10.2. The molecule has 13 heavy (non-hydrogen) atoms. The lowest BCUT2D eigenvalue weighted by molar-refractivity contribution is 0.205. The normalized spacial score (nSPS) is 12.2. The van der Waals surface area contributed by atoms with E-state index in [1.165, 1.54) is 0 Å². The Labute approximate surface area is 81.6 Å². The zero-order valence-corrected chi connectivity index (χ0v) is 7.99. The number of nitroso groups, excluding NO2 is 1. The van der Waals surface area contributed by atoms with Crippen LogP contribution in [0.3, 0.4) is 0 Å². The van der Waals surface area contributed by atoms with Crippen molar-refractivity contribution in [3.05, 3.63) is 34.2 Å². The summed E-state index contributed by atoms with van der Waals surface area (Å²) >= 11 is 5.68. The molecule has 1 aromatic rings. The van der Waals surface area contributed by atoms with Gasteiger partial charge in [0.15, 0.2) is 0 Å². The van der Waals surface area contributed by atoms with Crippen LogP contribution in [0.1, 0.15) is 13.3 Å². The highest BCUT2D eigenvalue weighted by Gasteiger charge is 2.06. The van der Waals surface area contributed by atoms with Gasteiger partial charge in [-0.3, -0.25) is 0 Å². The summed E-state index contributed by atoms with van der Waals surface area (Å²) in [5.74, 6) is 0.607. The second-order valence-corrected chi connectivity index (χ2v) is 2.98. The Morgan fingerprint density at radius 3 is 2.54 bits per heavy atom. The maximum atomic E-state index is 10.2. The van der Waals surface area contributed by atoms with Crippen molar-refractivity contribution in [3.63, 3.8) is 0 Å². The Bertz CT molecular complexity index is 273. The summed E-state index contributed by atoms with van der Waals surface area (Å²) in [5, 5.41) is 3.46. The standard InChI is InChI=1S/C9H10ClNO2/c1-2-9(11-12)13-8-5-3-7(10)4-6-8/h3-6,9H,2H2,1H3. The average molecular weight is 200 g/mol. The van der Waals surface area contributed by atoms with Crippen molar-refractivity contribution in [2.75, 3.05) is 0 Å². The molecular formula is C9H10ClNO2. The van der Waals surface area contributed by atoms with Crippen LogP contribution in [0.5, 0.6) is 5.75 Å². The third-order valence-corrected chi connectivity index (χ3v) is 1.80. The van der Waals surface area contributed by atoms with Crippen LogP contribution in [-0.2, 0) is 0 Å². The maximum absolute atomic E-state index is 10.2. The van der Waals surface area contributed by atoms with Crippen LogP contribution < -0.4 is 4.74 Å². The molecule has 1 atom stereocenters. The second-order valence-electron chi connectivity index (χ2n) is 2.54. The predicted molar refractivity (Wildman–Crippen MR) is 52.0 cm³/mol. The van der Waals surface area contributed by atoms with Gasteiger partial charge >= 0.3 is 0 Å². The Hall–Kier alpha value is -1.09. The highest BCUT2D eigenvalue weighted by Crippen LogP contribution is 2.17. The zero-order valence-electron chi connectivity index (χ0n) is 7.24. The van der Waals surface area contributed by atoms with Gasteiger partial charge in [-0.1, -0.05) is 18.5 Å². The predicted octanol–water partition coefficient (Wildman–Crippen LogP) is 3.22. The molecule has 0 aromatic heterocycles. The molecule has 0 radical (unpaired) electrons. The van der Waals surface area contributed by atoms with Gasteiger partial charge in [0.05, 0.1) is 0 Å². The van der Waals surface area contributed by atoms with Crippen molar-refractivity contribution >= 4 is 11.6 Å². The minimum Gasteiger partial charge on any atom is -0.465 e. The fraction of sp³-hybridized carbons (Fsp3) is 0.333. The van der Waals surface area contributed by atoms with E-state index >= 15 is 0 Å². The van der Waals surface area contributed by atoms with Crippen molar-refractivity contribution in [3.8, 4) is 5.75 Å². The Balaban J connectivity index is 2.63. The molecule has 4 heteroatoms. The smallest absolute Gasteiger partial charge is 0.229 e. The molecular weight excluding hydrogens is 190 g/mol.